The molecule has 7 heteroatoms. The van der Waals surface area contributed by atoms with Crippen LogP contribution < -0.4 is 10.1 Å². The predicted molar refractivity (Wildman–Crippen MR) is 102 cm³/mol. The van der Waals surface area contributed by atoms with E-state index < -0.39 is 0 Å². The highest BCUT2D eigenvalue weighted by molar-refractivity contribution is 6.30. The van der Waals surface area contributed by atoms with Crippen LogP contribution >= 0.6 is 11.6 Å². The van der Waals surface area contributed by atoms with Crippen molar-refractivity contribution in [1.29, 1.82) is 0 Å². The number of nitrogens with zero attached hydrogens (tertiary/aromatic N) is 1. The van der Waals surface area contributed by atoms with Crippen LogP contribution in [-0.4, -0.2) is 43.6 Å². The summed E-state index contributed by atoms with van der Waals surface area (Å²) in [6, 6.07) is 12.5. The molecule has 6 nitrogen and oxygen atoms in total. The van der Waals surface area contributed by atoms with E-state index in [9.17, 15) is 9.59 Å². The lowest BCUT2D eigenvalue weighted by molar-refractivity contribution is -0.133. The molecular formula is C20H21ClN2O4. The minimum absolute atomic E-state index is 0.0168. The van der Waals surface area contributed by atoms with Gasteiger partial charge in [0.25, 0.3) is 11.8 Å². The minimum Gasteiger partial charge on any atom is -0.483 e. The van der Waals surface area contributed by atoms with Crippen LogP contribution in [0.2, 0.25) is 5.02 Å². The highest BCUT2D eigenvalue weighted by Crippen LogP contribution is 2.25. The minimum atomic E-state index is -0.197. The van der Waals surface area contributed by atoms with Crippen molar-refractivity contribution in [3.05, 3.63) is 64.2 Å². The number of carbonyl (C=O) groups is 2. The number of hydrogen-bond donors (Lipinski definition) is 1. The molecule has 0 radical (unpaired) electrons. The van der Waals surface area contributed by atoms with E-state index in [1.165, 1.54) is 0 Å². The summed E-state index contributed by atoms with van der Waals surface area (Å²) < 4.78 is 10.6. The number of benzene rings is 2. The second-order valence-corrected chi connectivity index (χ2v) is 6.67. The molecule has 0 atom stereocenters. The lowest BCUT2D eigenvalue weighted by atomic mass is 10.1. The van der Waals surface area contributed by atoms with Gasteiger partial charge in [-0.15, -0.1) is 0 Å². The Morgan fingerprint density at radius 2 is 2.15 bits per heavy atom. The third kappa shape index (κ3) is 4.99. The number of rotatable bonds is 6. The molecule has 1 heterocycles. The van der Waals surface area contributed by atoms with Gasteiger partial charge in [-0.25, -0.2) is 0 Å². The Labute approximate surface area is 163 Å². The molecule has 1 aliphatic rings. The molecule has 0 aromatic heterocycles. The highest BCUT2D eigenvalue weighted by Gasteiger charge is 2.22. The van der Waals surface area contributed by atoms with Gasteiger partial charge in [0.05, 0.1) is 6.61 Å². The zero-order valence-electron chi connectivity index (χ0n) is 15.0. The summed E-state index contributed by atoms with van der Waals surface area (Å²) in [7, 11) is 1.59. The first-order valence-electron chi connectivity index (χ1n) is 8.62. The fraction of sp³-hybridized carbons (Fsp3) is 0.300. The van der Waals surface area contributed by atoms with Gasteiger partial charge in [-0.1, -0.05) is 23.7 Å². The van der Waals surface area contributed by atoms with E-state index in [-0.39, 0.29) is 18.4 Å². The van der Waals surface area contributed by atoms with Crippen LogP contribution in [-0.2, 0) is 22.6 Å². The van der Waals surface area contributed by atoms with Gasteiger partial charge in [-0.05, 0) is 35.9 Å². The molecule has 0 spiro atoms. The smallest absolute Gasteiger partial charge is 0.260 e. The van der Waals surface area contributed by atoms with Crippen molar-refractivity contribution in [2.24, 2.45) is 0 Å². The first kappa shape index (κ1) is 19.2. The standard InChI is InChI=1S/C20H21ClN2O4/c1-26-8-7-23-12-16-10-15(5-6-18(16)27-13-19(23)24)20(25)22-11-14-3-2-4-17(21)9-14/h2-6,9-10H,7-8,11-13H2,1H3,(H,22,25). The van der Waals surface area contributed by atoms with Crippen LogP contribution in [0.3, 0.4) is 0 Å². The average Bonchev–Trinajstić information content (AvgIpc) is 2.83. The second kappa shape index (κ2) is 8.88. The lowest BCUT2D eigenvalue weighted by Crippen LogP contribution is -2.34. The molecule has 2 aromatic carbocycles. The highest BCUT2D eigenvalue weighted by atomic mass is 35.5. The van der Waals surface area contributed by atoms with Crippen LogP contribution in [0, 0.1) is 0 Å². The van der Waals surface area contributed by atoms with Gasteiger partial charge in [-0.3, -0.25) is 9.59 Å². The molecule has 0 fully saturated rings. The van der Waals surface area contributed by atoms with Crippen molar-refractivity contribution in [2.75, 3.05) is 26.9 Å². The fourth-order valence-corrected chi connectivity index (χ4v) is 3.06. The van der Waals surface area contributed by atoms with Crippen LogP contribution in [0.5, 0.6) is 5.75 Å². The van der Waals surface area contributed by atoms with Crippen molar-refractivity contribution in [1.82, 2.24) is 10.2 Å². The molecule has 0 unspecified atom stereocenters. The second-order valence-electron chi connectivity index (χ2n) is 6.23. The Morgan fingerprint density at radius 3 is 2.93 bits per heavy atom. The molecule has 2 aromatic rings. The number of methoxy groups -OCH3 is 1. The first-order chi connectivity index (χ1) is 13.1. The maximum atomic E-state index is 12.5. The third-order valence-corrected chi connectivity index (χ3v) is 4.53. The van der Waals surface area contributed by atoms with Crippen LogP contribution in [0.4, 0.5) is 0 Å². The number of carbonyl (C=O) groups excluding carboxylic acids is 2. The number of ether oxygens (including phenoxy) is 2. The Kier molecular flexibility index (Phi) is 6.32. The van der Waals surface area contributed by atoms with Gasteiger partial charge < -0.3 is 19.7 Å². The molecular weight excluding hydrogens is 368 g/mol. The van der Waals surface area contributed by atoms with Gasteiger partial charge in [0.1, 0.15) is 5.75 Å². The molecule has 27 heavy (non-hydrogen) atoms. The summed E-state index contributed by atoms with van der Waals surface area (Å²) in [5.74, 6) is 0.321. The van der Waals surface area contributed by atoms with Crippen LogP contribution in [0.1, 0.15) is 21.5 Å². The lowest BCUT2D eigenvalue weighted by Gasteiger charge is -2.19. The van der Waals surface area contributed by atoms with Gasteiger partial charge in [0.15, 0.2) is 6.61 Å². The molecule has 0 saturated heterocycles. The van der Waals surface area contributed by atoms with Crippen molar-refractivity contribution in [3.8, 4) is 5.75 Å². The zero-order valence-corrected chi connectivity index (χ0v) is 15.8. The topological polar surface area (TPSA) is 67.9 Å². The van der Waals surface area contributed by atoms with Crippen molar-refractivity contribution >= 4 is 23.4 Å². The molecule has 1 N–H and O–H groups in total. The molecule has 0 saturated carbocycles. The van der Waals surface area contributed by atoms with Crippen molar-refractivity contribution < 1.29 is 19.1 Å². The third-order valence-electron chi connectivity index (χ3n) is 4.30. The van der Waals surface area contributed by atoms with Gasteiger partial charge >= 0.3 is 0 Å². The van der Waals surface area contributed by atoms with E-state index >= 15 is 0 Å². The summed E-state index contributed by atoms with van der Waals surface area (Å²) in [4.78, 5) is 26.3. The molecule has 0 aliphatic carbocycles. The maximum Gasteiger partial charge on any atom is 0.260 e. The van der Waals surface area contributed by atoms with Crippen LogP contribution in [0.25, 0.3) is 0 Å². The molecule has 1 aliphatic heterocycles. The summed E-state index contributed by atoms with van der Waals surface area (Å²) in [6.07, 6.45) is 0. The van der Waals surface area contributed by atoms with E-state index in [2.05, 4.69) is 5.32 Å². The van der Waals surface area contributed by atoms with E-state index in [4.69, 9.17) is 21.1 Å². The average molecular weight is 389 g/mol. The SMILES string of the molecule is COCCN1Cc2cc(C(=O)NCc3cccc(Cl)c3)ccc2OCC1=O. The number of fused-ring (bicyclic) bond motifs is 1. The summed E-state index contributed by atoms with van der Waals surface area (Å²) in [5.41, 5.74) is 2.23. The number of hydrogen-bond acceptors (Lipinski definition) is 4. The van der Waals surface area contributed by atoms with E-state index in [0.29, 0.717) is 42.6 Å². The largest absolute Gasteiger partial charge is 0.483 e. The number of amides is 2. The van der Waals surface area contributed by atoms with E-state index in [0.717, 1.165) is 11.1 Å². The molecule has 3 rings (SSSR count). The maximum absolute atomic E-state index is 12.5. The molecule has 0 bridgehead atoms. The Balaban J connectivity index is 1.70. The number of halogens is 1. The first-order valence-corrected chi connectivity index (χ1v) is 8.99. The van der Waals surface area contributed by atoms with E-state index in [1.807, 2.05) is 18.2 Å². The van der Waals surface area contributed by atoms with Crippen LogP contribution in [0.15, 0.2) is 42.5 Å². The quantitative estimate of drug-likeness (QED) is 0.826. The Bertz CT molecular complexity index is 840. The van der Waals surface area contributed by atoms with Gasteiger partial charge in [0.2, 0.25) is 0 Å². The fourth-order valence-electron chi connectivity index (χ4n) is 2.85. The zero-order chi connectivity index (χ0) is 19.2. The monoisotopic (exact) mass is 388 g/mol. The van der Waals surface area contributed by atoms with Crippen molar-refractivity contribution in [3.63, 3.8) is 0 Å². The van der Waals surface area contributed by atoms with Crippen molar-refractivity contribution in [2.45, 2.75) is 13.1 Å². The summed E-state index contributed by atoms with van der Waals surface area (Å²) in [5, 5.41) is 3.51. The molecule has 2 amide bonds. The molecule has 142 valence electrons. The normalized spacial score (nSPS) is 13.6. The summed E-state index contributed by atoms with van der Waals surface area (Å²) >= 11 is 5.97. The van der Waals surface area contributed by atoms with E-state index in [1.54, 1.807) is 36.3 Å². The Morgan fingerprint density at radius 1 is 1.30 bits per heavy atom. The number of nitrogens with one attached hydrogen (secondary N) is 1. The Hall–Kier alpha value is -2.57. The van der Waals surface area contributed by atoms with Gasteiger partial charge in [-0.2, -0.15) is 0 Å². The summed E-state index contributed by atoms with van der Waals surface area (Å²) in [6.45, 7) is 1.67. The van der Waals surface area contributed by atoms with Gasteiger partial charge in [0, 0.05) is 42.9 Å². The predicted octanol–water partition coefficient (Wildman–Crippen LogP) is 2.64.